The third kappa shape index (κ3) is 2.77. The van der Waals surface area contributed by atoms with E-state index in [4.69, 9.17) is 5.11 Å². The Morgan fingerprint density at radius 2 is 2.00 bits per heavy atom. The Balaban J connectivity index is 3.10. The molecule has 1 atom stereocenters. The Morgan fingerprint density at radius 3 is 2.41 bits per heavy atom. The van der Waals surface area contributed by atoms with E-state index in [0.29, 0.717) is 6.54 Å². The molecular weight excluding hydrogens is 220 g/mol. The van der Waals surface area contributed by atoms with E-state index >= 15 is 0 Å². The van der Waals surface area contributed by atoms with Crippen molar-refractivity contribution in [3.8, 4) is 0 Å². The summed E-state index contributed by atoms with van der Waals surface area (Å²) in [6.07, 6.45) is 0. The first-order valence-electron chi connectivity index (χ1n) is 5.85. The Labute approximate surface area is 102 Å². The van der Waals surface area contributed by atoms with Crippen molar-refractivity contribution in [1.29, 1.82) is 0 Å². The first kappa shape index (κ1) is 14.0. The van der Waals surface area contributed by atoms with E-state index in [1.807, 2.05) is 39.5 Å². The van der Waals surface area contributed by atoms with Crippen LogP contribution in [0.1, 0.15) is 34.6 Å². The molecule has 0 aliphatic carbocycles. The summed E-state index contributed by atoms with van der Waals surface area (Å²) in [6.45, 7) is 10.2. The molecular formula is C12H22N2O3. The molecule has 1 unspecified atom stereocenters. The number of nitrogens with zero attached hydrogens (tertiary/aromatic N) is 1. The average Bonchev–Trinajstić information content (AvgIpc) is 2.24. The van der Waals surface area contributed by atoms with Gasteiger partial charge in [-0.1, -0.05) is 0 Å². The lowest BCUT2D eigenvalue weighted by molar-refractivity contribution is -0.143. The van der Waals surface area contributed by atoms with Gasteiger partial charge in [-0.05, 0) is 34.6 Å². The normalized spacial score (nSPS) is 26.2. The molecule has 0 spiro atoms. The van der Waals surface area contributed by atoms with Gasteiger partial charge in [0.05, 0.1) is 11.5 Å². The monoisotopic (exact) mass is 242 g/mol. The van der Waals surface area contributed by atoms with Crippen molar-refractivity contribution < 1.29 is 14.7 Å². The molecule has 1 aliphatic heterocycles. The average molecular weight is 242 g/mol. The van der Waals surface area contributed by atoms with Gasteiger partial charge in [0.15, 0.2) is 0 Å². The van der Waals surface area contributed by atoms with Crippen LogP contribution >= 0.6 is 0 Å². The van der Waals surface area contributed by atoms with Gasteiger partial charge in [0, 0.05) is 18.6 Å². The van der Waals surface area contributed by atoms with Crippen molar-refractivity contribution in [2.45, 2.75) is 45.7 Å². The zero-order chi connectivity index (χ0) is 13.4. The number of aliphatic carboxylic acids is 1. The predicted octanol–water partition coefficient (Wildman–Crippen LogP) is 0.696. The van der Waals surface area contributed by atoms with Gasteiger partial charge in [-0.2, -0.15) is 0 Å². The van der Waals surface area contributed by atoms with Crippen molar-refractivity contribution in [1.82, 2.24) is 10.2 Å². The summed E-state index contributed by atoms with van der Waals surface area (Å²) in [5, 5.41) is 11.8. The van der Waals surface area contributed by atoms with Crippen LogP contribution in [0.25, 0.3) is 0 Å². The molecule has 5 nitrogen and oxygen atoms in total. The summed E-state index contributed by atoms with van der Waals surface area (Å²) in [6, 6.07) is 0. The quantitative estimate of drug-likeness (QED) is 0.710. The number of hydrogen-bond donors (Lipinski definition) is 2. The van der Waals surface area contributed by atoms with E-state index < -0.39 is 17.4 Å². The molecule has 0 radical (unpaired) electrons. The van der Waals surface area contributed by atoms with Crippen LogP contribution in [0, 0.1) is 5.92 Å². The van der Waals surface area contributed by atoms with E-state index in [0.717, 1.165) is 0 Å². The molecule has 0 saturated carbocycles. The van der Waals surface area contributed by atoms with E-state index in [2.05, 4.69) is 5.32 Å². The highest BCUT2D eigenvalue weighted by atomic mass is 16.4. The molecule has 1 saturated heterocycles. The summed E-state index contributed by atoms with van der Waals surface area (Å²) < 4.78 is 0. The largest absolute Gasteiger partial charge is 0.481 e. The van der Waals surface area contributed by atoms with Crippen molar-refractivity contribution in [2.24, 2.45) is 5.92 Å². The number of hydrogen-bond acceptors (Lipinski definition) is 3. The number of carbonyl (C=O) groups is 2. The minimum Gasteiger partial charge on any atom is -0.481 e. The van der Waals surface area contributed by atoms with Crippen molar-refractivity contribution >= 4 is 11.9 Å². The van der Waals surface area contributed by atoms with Crippen LogP contribution in [0.3, 0.4) is 0 Å². The minimum absolute atomic E-state index is 0.115. The summed E-state index contributed by atoms with van der Waals surface area (Å²) in [4.78, 5) is 25.1. The fraction of sp³-hybridized carbons (Fsp3) is 0.833. The van der Waals surface area contributed by atoms with E-state index in [-0.39, 0.29) is 18.0 Å². The summed E-state index contributed by atoms with van der Waals surface area (Å²) in [5.41, 5.74) is -0.943. The van der Waals surface area contributed by atoms with Crippen LogP contribution in [0.2, 0.25) is 0 Å². The maximum atomic E-state index is 12.0. The van der Waals surface area contributed by atoms with Crippen LogP contribution < -0.4 is 5.32 Å². The smallest absolute Gasteiger partial charge is 0.309 e. The van der Waals surface area contributed by atoms with Gasteiger partial charge in [-0.25, -0.2) is 0 Å². The van der Waals surface area contributed by atoms with Crippen molar-refractivity contribution in [3.63, 3.8) is 0 Å². The maximum absolute atomic E-state index is 12.0. The van der Waals surface area contributed by atoms with Gasteiger partial charge in [-0.15, -0.1) is 0 Å². The highest BCUT2D eigenvalue weighted by molar-refractivity contribution is 5.86. The molecule has 1 rings (SSSR count). The molecule has 0 bridgehead atoms. The topological polar surface area (TPSA) is 69.6 Å². The lowest BCUT2D eigenvalue weighted by atomic mass is 9.93. The fourth-order valence-electron chi connectivity index (χ4n) is 2.35. The van der Waals surface area contributed by atoms with Crippen LogP contribution in [0.4, 0.5) is 0 Å². The Morgan fingerprint density at radius 1 is 1.47 bits per heavy atom. The second kappa shape index (κ2) is 4.29. The minimum atomic E-state index is -0.864. The third-order valence-corrected chi connectivity index (χ3v) is 3.30. The number of amides is 1. The molecule has 1 aliphatic rings. The third-order valence-electron chi connectivity index (χ3n) is 3.30. The van der Waals surface area contributed by atoms with Gasteiger partial charge in [0.2, 0.25) is 5.91 Å². The zero-order valence-corrected chi connectivity index (χ0v) is 11.2. The predicted molar refractivity (Wildman–Crippen MR) is 64.7 cm³/mol. The van der Waals surface area contributed by atoms with E-state index in [1.54, 1.807) is 0 Å². The first-order chi connectivity index (χ1) is 7.56. The van der Waals surface area contributed by atoms with Gasteiger partial charge in [0.25, 0.3) is 0 Å². The molecule has 0 aromatic carbocycles. The fourth-order valence-corrected chi connectivity index (χ4v) is 2.35. The van der Waals surface area contributed by atoms with Gasteiger partial charge in [0.1, 0.15) is 0 Å². The summed E-state index contributed by atoms with van der Waals surface area (Å²) in [5.74, 6) is -1.53. The molecule has 0 aromatic rings. The lowest BCUT2D eigenvalue weighted by Crippen LogP contribution is -2.59. The second-order valence-electron chi connectivity index (χ2n) is 6.09. The van der Waals surface area contributed by atoms with Crippen LogP contribution in [-0.2, 0) is 9.59 Å². The van der Waals surface area contributed by atoms with E-state index in [9.17, 15) is 9.59 Å². The van der Waals surface area contributed by atoms with Crippen LogP contribution in [0.15, 0.2) is 0 Å². The Bertz CT molecular complexity index is 331. The number of rotatable bonds is 1. The van der Waals surface area contributed by atoms with Crippen LogP contribution in [-0.4, -0.2) is 46.1 Å². The van der Waals surface area contributed by atoms with Crippen molar-refractivity contribution in [2.75, 3.05) is 13.1 Å². The van der Waals surface area contributed by atoms with E-state index in [1.165, 1.54) is 0 Å². The number of nitrogens with one attached hydrogen (secondary N) is 1. The first-order valence-corrected chi connectivity index (χ1v) is 5.85. The highest BCUT2D eigenvalue weighted by Gasteiger charge is 2.44. The molecule has 1 amide bonds. The molecule has 5 heteroatoms. The van der Waals surface area contributed by atoms with Crippen LogP contribution in [0.5, 0.6) is 0 Å². The SMILES string of the molecule is CC(C)(C)N1CC(C(=O)O)CNC(=O)C1(C)C. The Kier molecular flexibility index (Phi) is 3.52. The van der Waals surface area contributed by atoms with Crippen molar-refractivity contribution in [3.05, 3.63) is 0 Å². The second-order valence-corrected chi connectivity index (χ2v) is 6.09. The molecule has 98 valence electrons. The molecule has 2 N–H and O–H groups in total. The summed E-state index contributed by atoms with van der Waals surface area (Å²) >= 11 is 0. The van der Waals surface area contributed by atoms with Gasteiger partial charge in [-0.3, -0.25) is 14.5 Å². The van der Waals surface area contributed by atoms with Gasteiger partial charge >= 0.3 is 5.97 Å². The Hall–Kier alpha value is -1.10. The lowest BCUT2D eigenvalue weighted by Gasteiger charge is -2.45. The highest BCUT2D eigenvalue weighted by Crippen LogP contribution is 2.28. The molecule has 17 heavy (non-hydrogen) atoms. The molecule has 0 aromatic heterocycles. The maximum Gasteiger partial charge on any atom is 0.309 e. The summed E-state index contributed by atoms with van der Waals surface area (Å²) in [7, 11) is 0. The number of carboxylic acid groups (broad SMARTS) is 1. The number of carboxylic acids is 1. The molecule has 1 fully saturated rings. The van der Waals surface area contributed by atoms with Gasteiger partial charge < -0.3 is 10.4 Å². The number of carbonyl (C=O) groups excluding carboxylic acids is 1. The zero-order valence-electron chi connectivity index (χ0n) is 11.2. The standard InChI is InChI=1S/C12H22N2O3/c1-11(2,3)14-7-8(9(15)16)6-13-10(17)12(14,4)5/h8H,6-7H2,1-5H3,(H,13,17)(H,15,16). The molecule has 1 heterocycles.